The second kappa shape index (κ2) is 7.81. The van der Waals surface area contributed by atoms with E-state index in [4.69, 9.17) is 9.84 Å². The maximum absolute atomic E-state index is 5.39. The lowest BCUT2D eigenvalue weighted by molar-refractivity contribution is 0.117. The van der Waals surface area contributed by atoms with Crippen LogP contribution in [0.15, 0.2) is 5.10 Å². The summed E-state index contributed by atoms with van der Waals surface area (Å²) in [7, 11) is 1.80. The molecule has 0 unspecified atom stereocenters. The van der Waals surface area contributed by atoms with E-state index in [9.17, 15) is 0 Å². The minimum atomic E-state index is 0.457. The Balaban J connectivity index is 1.78. The molecule has 3 rings (SSSR count). The van der Waals surface area contributed by atoms with E-state index >= 15 is 0 Å². The van der Waals surface area contributed by atoms with Crippen LogP contribution in [0.25, 0.3) is 0 Å². The monoisotopic (exact) mass is 301 g/mol. The molecule has 1 saturated heterocycles. The summed E-state index contributed by atoms with van der Waals surface area (Å²) < 4.78 is 5.39. The molecule has 1 aliphatic heterocycles. The van der Waals surface area contributed by atoms with E-state index in [0.29, 0.717) is 12.0 Å². The van der Waals surface area contributed by atoms with Gasteiger partial charge in [0.2, 0.25) is 0 Å². The zero-order chi connectivity index (χ0) is 15.4. The number of hydrogen-bond donors (Lipinski definition) is 0. The van der Waals surface area contributed by atoms with Gasteiger partial charge in [-0.1, -0.05) is 26.2 Å². The smallest absolute Gasteiger partial charge is 0.0704 e. The predicted molar refractivity (Wildman–Crippen MR) is 90.7 cm³/mol. The van der Waals surface area contributed by atoms with Crippen molar-refractivity contribution in [3.8, 4) is 0 Å². The molecule has 121 valence electrons. The molecule has 2 aliphatic carbocycles. The molecule has 0 N–H and O–H groups in total. The fourth-order valence-electron chi connectivity index (χ4n) is 3.98. The Kier molecular flexibility index (Phi) is 5.78. The summed E-state index contributed by atoms with van der Waals surface area (Å²) in [6, 6.07) is 0.457. The first kappa shape index (κ1) is 16.3. The van der Waals surface area contributed by atoms with Gasteiger partial charge in [-0.3, -0.25) is 5.01 Å². The molecule has 3 fully saturated rings. The maximum atomic E-state index is 5.39. The van der Waals surface area contributed by atoms with Crippen molar-refractivity contribution in [3.63, 3.8) is 0 Å². The zero-order valence-electron chi connectivity index (χ0n) is 14.1. The number of hydrazone groups is 1. The molecule has 0 aromatic heterocycles. The molecule has 22 heavy (non-hydrogen) atoms. The van der Waals surface area contributed by atoms with E-state index < -0.39 is 0 Å². The Morgan fingerprint density at radius 1 is 1.18 bits per heavy atom. The van der Waals surface area contributed by atoms with E-state index in [1.807, 2.05) is 0 Å². The standard InChI is InChI=1S/C19H29N2O/c1-15-8-6-12-18(15)19(16-9-4-3-5-10-16)20-21-13-7-11-17(21)14-22-2/h6,8,12,16-17H,3-5,7,9-11,13-14H2,1-2H3/b20-19+/t17-/m0/s1. The van der Waals surface area contributed by atoms with Gasteiger partial charge in [0.25, 0.3) is 0 Å². The lowest BCUT2D eigenvalue weighted by Crippen LogP contribution is -2.34. The van der Waals surface area contributed by atoms with Crippen molar-refractivity contribution in [1.82, 2.24) is 5.01 Å². The average molecular weight is 301 g/mol. The lowest BCUT2D eigenvalue weighted by atomic mass is 9.78. The van der Waals surface area contributed by atoms with Gasteiger partial charge < -0.3 is 4.74 Å². The highest BCUT2D eigenvalue weighted by atomic mass is 16.5. The fourth-order valence-corrected chi connectivity index (χ4v) is 3.98. The third kappa shape index (κ3) is 3.67. The first-order valence-electron chi connectivity index (χ1n) is 8.86. The highest BCUT2D eigenvalue weighted by molar-refractivity contribution is 6.04. The van der Waals surface area contributed by atoms with Gasteiger partial charge in [-0.2, -0.15) is 5.10 Å². The van der Waals surface area contributed by atoms with E-state index in [0.717, 1.165) is 13.2 Å². The lowest BCUT2D eigenvalue weighted by Gasteiger charge is -2.31. The van der Waals surface area contributed by atoms with Crippen molar-refractivity contribution in [2.24, 2.45) is 11.0 Å². The van der Waals surface area contributed by atoms with Crippen LogP contribution in [-0.2, 0) is 4.74 Å². The molecule has 5 radical (unpaired) electrons. The van der Waals surface area contributed by atoms with Gasteiger partial charge in [-0.05, 0) is 56.8 Å². The summed E-state index contributed by atoms with van der Waals surface area (Å²) in [5.41, 5.74) is 1.34. The molecule has 0 amide bonds. The second-order valence-corrected chi connectivity index (χ2v) is 6.86. The summed E-state index contributed by atoms with van der Waals surface area (Å²) in [5, 5.41) is 7.48. The van der Waals surface area contributed by atoms with Gasteiger partial charge in [0, 0.05) is 25.3 Å². The Hall–Kier alpha value is -0.570. The van der Waals surface area contributed by atoms with Crippen LogP contribution >= 0.6 is 0 Å². The van der Waals surface area contributed by atoms with Crippen molar-refractivity contribution < 1.29 is 4.74 Å². The van der Waals surface area contributed by atoms with Crippen LogP contribution in [0, 0.1) is 37.0 Å². The summed E-state index contributed by atoms with van der Waals surface area (Å²) in [6.07, 6.45) is 15.8. The fraction of sp³-hybridized carbons (Fsp3) is 0.684. The minimum Gasteiger partial charge on any atom is -0.382 e. The predicted octanol–water partition coefficient (Wildman–Crippen LogP) is 3.83. The van der Waals surface area contributed by atoms with Crippen molar-refractivity contribution in [1.29, 1.82) is 0 Å². The van der Waals surface area contributed by atoms with Gasteiger partial charge >= 0.3 is 0 Å². The molecule has 0 bridgehead atoms. The third-order valence-electron chi connectivity index (χ3n) is 5.24. The zero-order valence-corrected chi connectivity index (χ0v) is 14.1. The molecular formula is C19H29N2O. The van der Waals surface area contributed by atoms with Gasteiger partial charge in [0.15, 0.2) is 0 Å². The number of hydrogen-bond acceptors (Lipinski definition) is 3. The quantitative estimate of drug-likeness (QED) is 0.721. The van der Waals surface area contributed by atoms with Crippen LogP contribution < -0.4 is 0 Å². The highest BCUT2D eigenvalue weighted by Crippen LogP contribution is 2.39. The number of methoxy groups -OCH3 is 1. The first-order chi connectivity index (χ1) is 10.8. The van der Waals surface area contributed by atoms with Crippen molar-refractivity contribution in [3.05, 3.63) is 31.1 Å². The average Bonchev–Trinajstić information content (AvgIpc) is 3.15. The number of rotatable bonds is 5. The molecule has 3 heteroatoms. The molecule has 2 saturated carbocycles. The van der Waals surface area contributed by atoms with Crippen molar-refractivity contribution in [2.45, 2.75) is 57.9 Å². The van der Waals surface area contributed by atoms with E-state index in [1.165, 1.54) is 62.5 Å². The van der Waals surface area contributed by atoms with Gasteiger partial charge in [-0.15, -0.1) is 0 Å². The molecule has 0 aromatic carbocycles. The maximum Gasteiger partial charge on any atom is 0.0704 e. The first-order valence-corrected chi connectivity index (χ1v) is 8.86. The Bertz CT molecular complexity index is 376. The Morgan fingerprint density at radius 2 is 2.00 bits per heavy atom. The van der Waals surface area contributed by atoms with Crippen molar-refractivity contribution >= 4 is 5.71 Å². The summed E-state index contributed by atoms with van der Waals surface area (Å²) >= 11 is 0. The molecule has 1 atom stereocenters. The Morgan fingerprint density at radius 3 is 2.68 bits per heavy atom. The molecular weight excluding hydrogens is 272 g/mol. The van der Waals surface area contributed by atoms with Crippen LogP contribution in [0.2, 0.25) is 0 Å². The summed E-state index contributed by atoms with van der Waals surface area (Å²) in [5.74, 6) is 3.38. The molecule has 0 spiro atoms. The topological polar surface area (TPSA) is 24.8 Å². The number of ether oxygens (including phenoxy) is 1. The van der Waals surface area contributed by atoms with Gasteiger partial charge in [0.1, 0.15) is 0 Å². The molecule has 3 nitrogen and oxygen atoms in total. The van der Waals surface area contributed by atoms with Crippen LogP contribution in [-0.4, -0.2) is 37.0 Å². The summed E-state index contributed by atoms with van der Waals surface area (Å²) in [6.45, 7) is 4.08. The summed E-state index contributed by atoms with van der Waals surface area (Å²) in [4.78, 5) is 0. The second-order valence-electron chi connectivity index (χ2n) is 6.86. The molecule has 1 heterocycles. The van der Waals surface area contributed by atoms with E-state index in [-0.39, 0.29) is 0 Å². The van der Waals surface area contributed by atoms with Crippen molar-refractivity contribution in [2.75, 3.05) is 20.3 Å². The van der Waals surface area contributed by atoms with Crippen LogP contribution in [0.4, 0.5) is 0 Å². The minimum absolute atomic E-state index is 0.457. The van der Waals surface area contributed by atoms with Crippen LogP contribution in [0.5, 0.6) is 0 Å². The molecule has 0 aromatic rings. The Labute approximate surface area is 136 Å². The normalized spacial score (nSPS) is 29.6. The number of nitrogens with zero attached hydrogens (tertiary/aromatic N) is 2. The van der Waals surface area contributed by atoms with Crippen LogP contribution in [0.3, 0.4) is 0 Å². The largest absolute Gasteiger partial charge is 0.382 e. The van der Waals surface area contributed by atoms with Crippen LogP contribution in [0.1, 0.15) is 51.9 Å². The van der Waals surface area contributed by atoms with E-state index in [1.54, 1.807) is 7.11 Å². The van der Waals surface area contributed by atoms with E-state index in [2.05, 4.69) is 31.2 Å². The van der Waals surface area contributed by atoms with Gasteiger partial charge in [-0.25, -0.2) is 0 Å². The molecule has 3 aliphatic rings. The third-order valence-corrected chi connectivity index (χ3v) is 5.24. The van der Waals surface area contributed by atoms with Gasteiger partial charge in [0.05, 0.1) is 12.6 Å². The SMILES string of the molecule is COC[C@@H]1CCCN1/N=C(/[C]1[CH][CH][CH][C]1C)C1CCCCC1. The highest BCUT2D eigenvalue weighted by Gasteiger charge is 2.36.